The van der Waals surface area contributed by atoms with Gasteiger partial charge in [-0.15, -0.1) is 0 Å². The van der Waals surface area contributed by atoms with Gasteiger partial charge in [-0.25, -0.2) is 0 Å². The highest BCUT2D eigenvalue weighted by Crippen LogP contribution is 2.20. The fourth-order valence-electron chi connectivity index (χ4n) is 1.71. The van der Waals surface area contributed by atoms with Gasteiger partial charge >= 0.3 is 0 Å². The fourth-order valence-corrected chi connectivity index (χ4v) is 2.86. The Bertz CT molecular complexity index is 345. The third-order valence-corrected chi connectivity index (χ3v) is 3.99. The van der Waals surface area contributed by atoms with E-state index in [1.807, 2.05) is 17.8 Å². The van der Waals surface area contributed by atoms with E-state index in [-0.39, 0.29) is 12.1 Å². The van der Waals surface area contributed by atoms with Gasteiger partial charge in [0.1, 0.15) is 0 Å². The Morgan fingerprint density at radius 3 is 3.25 bits per heavy atom. The molecule has 1 aliphatic heterocycles. The molecular formula is C11H15ClN2OS. The molecule has 16 heavy (non-hydrogen) atoms. The number of nitrogens with two attached hydrogens (primary N) is 1. The number of aromatic nitrogens is 1. The third kappa shape index (κ3) is 3.10. The Morgan fingerprint density at radius 2 is 2.56 bits per heavy atom. The van der Waals surface area contributed by atoms with Gasteiger partial charge in [-0.1, -0.05) is 11.6 Å². The lowest BCUT2D eigenvalue weighted by molar-refractivity contribution is 0.0572. The van der Waals surface area contributed by atoms with E-state index in [2.05, 4.69) is 4.98 Å². The van der Waals surface area contributed by atoms with Crippen LogP contribution in [0.25, 0.3) is 0 Å². The molecule has 2 heterocycles. The number of hydrogen-bond donors (Lipinski definition) is 1. The summed E-state index contributed by atoms with van der Waals surface area (Å²) in [5.74, 6) is 2.04. The topological polar surface area (TPSA) is 48.1 Å². The van der Waals surface area contributed by atoms with Gasteiger partial charge in [-0.3, -0.25) is 4.98 Å². The van der Waals surface area contributed by atoms with Crippen molar-refractivity contribution in [1.82, 2.24) is 4.98 Å². The summed E-state index contributed by atoms with van der Waals surface area (Å²) in [4.78, 5) is 3.96. The van der Waals surface area contributed by atoms with Crippen LogP contribution >= 0.6 is 23.4 Å². The van der Waals surface area contributed by atoms with Crippen molar-refractivity contribution in [3.8, 4) is 0 Å². The predicted octanol–water partition coefficient (Wildman–Crippen LogP) is 1.74. The van der Waals surface area contributed by atoms with Crippen molar-refractivity contribution in [3.05, 3.63) is 29.0 Å². The van der Waals surface area contributed by atoms with Crippen LogP contribution in [-0.4, -0.2) is 35.2 Å². The average Bonchev–Trinajstić information content (AvgIpc) is 2.33. The van der Waals surface area contributed by atoms with E-state index in [4.69, 9.17) is 22.1 Å². The lowest BCUT2D eigenvalue weighted by Gasteiger charge is -2.27. The molecule has 0 aromatic carbocycles. The van der Waals surface area contributed by atoms with E-state index in [0.29, 0.717) is 5.02 Å². The summed E-state index contributed by atoms with van der Waals surface area (Å²) >= 11 is 7.94. The summed E-state index contributed by atoms with van der Waals surface area (Å²) in [5, 5.41) is 0.682. The summed E-state index contributed by atoms with van der Waals surface area (Å²) in [5.41, 5.74) is 7.18. The van der Waals surface area contributed by atoms with Crippen LogP contribution in [-0.2, 0) is 11.2 Å². The van der Waals surface area contributed by atoms with E-state index >= 15 is 0 Å². The van der Waals surface area contributed by atoms with Crippen LogP contribution < -0.4 is 5.73 Å². The molecule has 1 aromatic heterocycles. The predicted molar refractivity (Wildman–Crippen MR) is 68.0 cm³/mol. The zero-order valence-electron chi connectivity index (χ0n) is 8.93. The van der Waals surface area contributed by atoms with Crippen molar-refractivity contribution in [3.63, 3.8) is 0 Å². The van der Waals surface area contributed by atoms with E-state index in [1.165, 1.54) is 0 Å². The molecule has 0 aliphatic carbocycles. The molecule has 0 bridgehead atoms. The lowest BCUT2D eigenvalue weighted by Crippen LogP contribution is -2.42. The zero-order valence-corrected chi connectivity index (χ0v) is 10.5. The molecule has 1 aromatic rings. The van der Waals surface area contributed by atoms with Gasteiger partial charge in [-0.05, 0) is 18.1 Å². The number of rotatable bonds is 3. The minimum absolute atomic E-state index is 0.00713. The summed E-state index contributed by atoms with van der Waals surface area (Å²) < 4.78 is 5.65. The van der Waals surface area contributed by atoms with Crippen LogP contribution in [0.3, 0.4) is 0 Å². The first-order valence-electron chi connectivity index (χ1n) is 5.30. The number of thioether (sulfide) groups is 1. The Balaban J connectivity index is 1.96. The van der Waals surface area contributed by atoms with Gasteiger partial charge in [0.05, 0.1) is 17.7 Å². The highest BCUT2D eigenvalue weighted by Gasteiger charge is 2.22. The SMILES string of the molecule is NC(Cc1ccncc1Cl)C1CSCCO1. The lowest BCUT2D eigenvalue weighted by atomic mass is 10.0. The molecular weight excluding hydrogens is 244 g/mol. The van der Waals surface area contributed by atoms with Crippen LogP contribution in [0.1, 0.15) is 5.56 Å². The Morgan fingerprint density at radius 1 is 1.69 bits per heavy atom. The van der Waals surface area contributed by atoms with E-state index in [1.54, 1.807) is 12.4 Å². The Hall–Kier alpha value is -0.290. The monoisotopic (exact) mass is 258 g/mol. The van der Waals surface area contributed by atoms with E-state index < -0.39 is 0 Å². The van der Waals surface area contributed by atoms with Gasteiger partial charge in [0.2, 0.25) is 0 Å². The molecule has 2 N–H and O–H groups in total. The first-order chi connectivity index (χ1) is 7.77. The maximum absolute atomic E-state index is 6.13. The molecule has 3 nitrogen and oxygen atoms in total. The maximum atomic E-state index is 6.13. The van der Waals surface area contributed by atoms with Crippen LogP contribution in [0, 0.1) is 0 Å². The average molecular weight is 259 g/mol. The van der Waals surface area contributed by atoms with Gasteiger partial charge in [0.25, 0.3) is 0 Å². The van der Waals surface area contributed by atoms with Gasteiger partial charge in [0, 0.05) is 29.9 Å². The Kier molecular flexibility index (Phi) is 4.46. The first kappa shape index (κ1) is 12.2. The number of ether oxygens (including phenoxy) is 1. The molecule has 2 rings (SSSR count). The second-order valence-corrected chi connectivity index (χ2v) is 5.38. The molecule has 2 unspecified atom stereocenters. The van der Waals surface area contributed by atoms with E-state index in [9.17, 15) is 0 Å². The second-order valence-electron chi connectivity index (χ2n) is 3.82. The smallest absolute Gasteiger partial charge is 0.0819 e. The van der Waals surface area contributed by atoms with Gasteiger partial charge in [0.15, 0.2) is 0 Å². The molecule has 0 radical (unpaired) electrons. The van der Waals surface area contributed by atoms with Crippen LogP contribution in [0.5, 0.6) is 0 Å². The standard InChI is InChI=1S/C11H15ClN2OS/c12-9-6-14-2-1-8(9)5-10(13)11-7-16-4-3-15-11/h1-2,6,10-11H,3-5,7,13H2. The largest absolute Gasteiger partial charge is 0.375 e. The highest BCUT2D eigenvalue weighted by atomic mass is 35.5. The van der Waals surface area contributed by atoms with Crippen LogP contribution in [0.2, 0.25) is 5.02 Å². The highest BCUT2D eigenvalue weighted by molar-refractivity contribution is 7.99. The fraction of sp³-hybridized carbons (Fsp3) is 0.545. The second kappa shape index (κ2) is 5.87. The number of pyridine rings is 1. The molecule has 1 aliphatic rings. The zero-order chi connectivity index (χ0) is 11.4. The van der Waals surface area contributed by atoms with Crippen molar-refractivity contribution in [2.45, 2.75) is 18.6 Å². The van der Waals surface area contributed by atoms with Crippen molar-refractivity contribution in [2.24, 2.45) is 5.73 Å². The maximum Gasteiger partial charge on any atom is 0.0819 e. The quantitative estimate of drug-likeness (QED) is 0.897. The van der Waals surface area contributed by atoms with E-state index in [0.717, 1.165) is 30.1 Å². The van der Waals surface area contributed by atoms with Gasteiger partial charge < -0.3 is 10.5 Å². The van der Waals surface area contributed by atoms with Crippen molar-refractivity contribution in [2.75, 3.05) is 18.1 Å². The summed E-state index contributed by atoms with van der Waals surface area (Å²) in [6.45, 7) is 0.799. The molecule has 0 spiro atoms. The third-order valence-electron chi connectivity index (χ3n) is 2.63. The number of hydrogen-bond acceptors (Lipinski definition) is 4. The molecule has 2 atom stereocenters. The van der Waals surface area contributed by atoms with Gasteiger partial charge in [-0.2, -0.15) is 11.8 Å². The molecule has 5 heteroatoms. The summed E-state index contributed by atoms with van der Waals surface area (Å²) in [7, 11) is 0. The van der Waals surface area contributed by atoms with Crippen molar-refractivity contribution >= 4 is 23.4 Å². The van der Waals surface area contributed by atoms with Crippen molar-refractivity contribution < 1.29 is 4.74 Å². The Labute approximate surface area is 105 Å². The molecule has 88 valence electrons. The summed E-state index contributed by atoms with van der Waals surface area (Å²) in [6.07, 6.45) is 4.28. The molecule has 0 amide bonds. The molecule has 1 saturated heterocycles. The van der Waals surface area contributed by atoms with Crippen molar-refractivity contribution in [1.29, 1.82) is 0 Å². The number of nitrogens with zero attached hydrogens (tertiary/aromatic N) is 1. The minimum Gasteiger partial charge on any atom is -0.375 e. The summed E-state index contributed by atoms with van der Waals surface area (Å²) in [6, 6.07) is 1.92. The van der Waals surface area contributed by atoms with Crippen LogP contribution in [0.15, 0.2) is 18.5 Å². The molecule has 0 saturated carbocycles. The minimum atomic E-state index is 0.00713. The molecule has 1 fully saturated rings. The van der Waals surface area contributed by atoms with Crippen LogP contribution in [0.4, 0.5) is 0 Å². The normalized spacial score (nSPS) is 23.0. The first-order valence-corrected chi connectivity index (χ1v) is 6.84. The number of halogens is 1.